The van der Waals surface area contributed by atoms with Crippen LogP contribution in [0.15, 0.2) is 60.7 Å². The summed E-state index contributed by atoms with van der Waals surface area (Å²) < 4.78 is 10.9. The Kier molecular flexibility index (Phi) is 7.39. The van der Waals surface area contributed by atoms with Crippen LogP contribution in [-0.4, -0.2) is 25.6 Å². The number of anilines is 1. The van der Waals surface area contributed by atoms with E-state index in [1.54, 1.807) is 13.2 Å². The lowest BCUT2D eigenvalue weighted by Gasteiger charge is -2.15. The minimum atomic E-state index is -1.45. The number of ether oxygens (including phenoxy) is 2. The van der Waals surface area contributed by atoms with Gasteiger partial charge in [-0.2, -0.15) is 0 Å². The Hall–Kier alpha value is -3.22. The largest absolute Gasteiger partial charge is 0.545 e. The molecule has 0 unspecified atom stereocenters. The molecular formula is C23H18Cl2NO5-. The van der Waals surface area contributed by atoms with Gasteiger partial charge < -0.3 is 24.7 Å². The van der Waals surface area contributed by atoms with E-state index in [4.69, 9.17) is 32.7 Å². The van der Waals surface area contributed by atoms with Crippen LogP contribution >= 0.6 is 23.2 Å². The molecule has 0 fully saturated rings. The Balaban J connectivity index is 1.70. The van der Waals surface area contributed by atoms with Gasteiger partial charge in [0.15, 0.2) is 0 Å². The van der Waals surface area contributed by atoms with Gasteiger partial charge in [0.05, 0.1) is 36.0 Å². The Bertz CT molecular complexity index is 1120. The molecule has 1 amide bonds. The van der Waals surface area contributed by atoms with Gasteiger partial charge in [-0.25, -0.2) is 0 Å². The fourth-order valence-electron chi connectivity index (χ4n) is 2.87. The zero-order chi connectivity index (χ0) is 22.4. The standard InChI is InChI=1S/C23H19Cl2NO5/c1-30-16-4-2-3-14(11-16)9-10-31-17-6-8-21(19(13-17)23(28)29)26-22(27)18-7-5-15(24)12-20(18)25/h2-8,11-13H,9-10H2,1H3,(H,26,27)(H,28,29)/p-1. The average molecular weight is 459 g/mol. The van der Waals surface area contributed by atoms with Crippen molar-refractivity contribution in [2.45, 2.75) is 6.42 Å². The van der Waals surface area contributed by atoms with Crippen LogP contribution in [0.2, 0.25) is 10.0 Å². The van der Waals surface area contributed by atoms with Crippen LogP contribution in [0, 0.1) is 0 Å². The Morgan fingerprint density at radius 2 is 1.77 bits per heavy atom. The van der Waals surface area contributed by atoms with Crippen LogP contribution in [0.1, 0.15) is 26.3 Å². The van der Waals surface area contributed by atoms with Crippen molar-refractivity contribution in [3.63, 3.8) is 0 Å². The van der Waals surface area contributed by atoms with E-state index >= 15 is 0 Å². The number of carbonyl (C=O) groups excluding carboxylic acids is 2. The summed E-state index contributed by atoms with van der Waals surface area (Å²) in [7, 11) is 1.60. The van der Waals surface area contributed by atoms with Gasteiger partial charge in [0.25, 0.3) is 5.91 Å². The molecule has 0 aliphatic heterocycles. The number of carboxylic acid groups (broad SMARTS) is 1. The number of carbonyl (C=O) groups is 2. The van der Waals surface area contributed by atoms with Crippen molar-refractivity contribution in [2.24, 2.45) is 0 Å². The van der Waals surface area contributed by atoms with Gasteiger partial charge in [-0.3, -0.25) is 4.79 Å². The van der Waals surface area contributed by atoms with Crippen LogP contribution in [0.5, 0.6) is 11.5 Å². The zero-order valence-electron chi connectivity index (χ0n) is 16.5. The maximum Gasteiger partial charge on any atom is 0.257 e. The highest BCUT2D eigenvalue weighted by Crippen LogP contribution is 2.25. The molecule has 0 aromatic heterocycles. The predicted molar refractivity (Wildman–Crippen MR) is 117 cm³/mol. The second kappa shape index (κ2) is 10.2. The number of hydrogen-bond acceptors (Lipinski definition) is 5. The van der Waals surface area contributed by atoms with E-state index in [2.05, 4.69) is 5.32 Å². The monoisotopic (exact) mass is 458 g/mol. The highest BCUT2D eigenvalue weighted by atomic mass is 35.5. The van der Waals surface area contributed by atoms with Gasteiger partial charge >= 0.3 is 0 Å². The quantitative estimate of drug-likeness (QED) is 0.545. The third-order valence-corrected chi connectivity index (χ3v) is 4.98. The van der Waals surface area contributed by atoms with Gasteiger partial charge in [-0.05, 0) is 54.1 Å². The van der Waals surface area contributed by atoms with Crippen molar-refractivity contribution in [1.82, 2.24) is 0 Å². The van der Waals surface area contributed by atoms with Crippen molar-refractivity contribution < 1.29 is 24.2 Å². The van der Waals surface area contributed by atoms with Crippen LogP contribution in [0.25, 0.3) is 0 Å². The molecule has 6 nitrogen and oxygen atoms in total. The highest BCUT2D eigenvalue weighted by Gasteiger charge is 2.14. The highest BCUT2D eigenvalue weighted by molar-refractivity contribution is 6.37. The molecule has 3 rings (SSSR count). The van der Waals surface area contributed by atoms with E-state index in [0.29, 0.717) is 23.8 Å². The van der Waals surface area contributed by atoms with Crippen LogP contribution < -0.4 is 19.9 Å². The van der Waals surface area contributed by atoms with E-state index in [0.717, 1.165) is 11.3 Å². The van der Waals surface area contributed by atoms with Crippen LogP contribution in [0.3, 0.4) is 0 Å². The summed E-state index contributed by atoms with van der Waals surface area (Å²) in [5.41, 5.74) is 1.03. The molecule has 0 spiro atoms. The topological polar surface area (TPSA) is 87.7 Å². The summed E-state index contributed by atoms with van der Waals surface area (Å²) in [4.78, 5) is 24.1. The first-order valence-electron chi connectivity index (χ1n) is 9.25. The number of carboxylic acids is 1. The maximum absolute atomic E-state index is 12.5. The number of halogens is 2. The molecule has 8 heteroatoms. The van der Waals surface area contributed by atoms with Gasteiger partial charge in [0.1, 0.15) is 11.5 Å². The van der Waals surface area contributed by atoms with Gasteiger partial charge in [-0.15, -0.1) is 0 Å². The molecule has 1 N–H and O–H groups in total. The molecule has 0 aliphatic carbocycles. The van der Waals surface area contributed by atoms with Crippen LogP contribution in [-0.2, 0) is 6.42 Å². The summed E-state index contributed by atoms with van der Waals surface area (Å²) >= 11 is 11.9. The molecule has 0 heterocycles. The first-order chi connectivity index (χ1) is 14.9. The normalized spacial score (nSPS) is 10.4. The summed E-state index contributed by atoms with van der Waals surface area (Å²) in [6.07, 6.45) is 0.603. The lowest BCUT2D eigenvalue weighted by atomic mass is 10.1. The minimum Gasteiger partial charge on any atom is -0.545 e. The fraction of sp³-hybridized carbons (Fsp3) is 0.130. The van der Waals surface area contributed by atoms with Crippen molar-refractivity contribution in [2.75, 3.05) is 19.0 Å². The molecule has 0 saturated carbocycles. The third-order valence-electron chi connectivity index (χ3n) is 4.43. The zero-order valence-corrected chi connectivity index (χ0v) is 18.0. The third kappa shape index (κ3) is 5.90. The van der Waals surface area contributed by atoms with Gasteiger partial charge in [-0.1, -0.05) is 35.3 Å². The number of aromatic carboxylic acids is 1. The predicted octanol–water partition coefficient (Wildman–Crippen LogP) is 4.24. The minimum absolute atomic E-state index is 0.0659. The smallest absolute Gasteiger partial charge is 0.257 e. The number of rotatable bonds is 8. The number of benzene rings is 3. The molecule has 0 bridgehead atoms. The lowest BCUT2D eigenvalue weighted by Crippen LogP contribution is -2.25. The molecule has 160 valence electrons. The number of amides is 1. The molecule has 3 aromatic rings. The fourth-order valence-corrected chi connectivity index (χ4v) is 3.36. The second-order valence-electron chi connectivity index (χ2n) is 6.52. The summed E-state index contributed by atoms with van der Waals surface area (Å²) in [5, 5.41) is 14.7. The molecule has 0 saturated heterocycles. The lowest BCUT2D eigenvalue weighted by molar-refractivity contribution is -0.254. The van der Waals surface area contributed by atoms with Gasteiger partial charge in [0.2, 0.25) is 0 Å². The molecule has 0 radical (unpaired) electrons. The maximum atomic E-state index is 12.5. The van der Waals surface area contributed by atoms with E-state index in [1.807, 2.05) is 24.3 Å². The molecular weight excluding hydrogens is 441 g/mol. The van der Waals surface area contributed by atoms with Crippen molar-refractivity contribution in [3.8, 4) is 11.5 Å². The summed E-state index contributed by atoms with van der Waals surface area (Å²) in [5.74, 6) is -0.936. The number of hydrogen-bond donors (Lipinski definition) is 1. The van der Waals surface area contributed by atoms with Gasteiger partial charge in [0, 0.05) is 17.0 Å². The van der Waals surface area contributed by atoms with E-state index < -0.39 is 11.9 Å². The van der Waals surface area contributed by atoms with Crippen molar-refractivity contribution in [1.29, 1.82) is 0 Å². The first-order valence-corrected chi connectivity index (χ1v) is 10.0. The van der Waals surface area contributed by atoms with Crippen molar-refractivity contribution >= 4 is 40.8 Å². The van der Waals surface area contributed by atoms with Crippen molar-refractivity contribution in [3.05, 3.63) is 87.4 Å². The average Bonchev–Trinajstić information content (AvgIpc) is 2.74. The van der Waals surface area contributed by atoms with E-state index in [1.165, 1.54) is 30.3 Å². The Labute approximate surface area is 189 Å². The van der Waals surface area contributed by atoms with Crippen LogP contribution in [0.4, 0.5) is 5.69 Å². The second-order valence-corrected chi connectivity index (χ2v) is 7.37. The Morgan fingerprint density at radius 3 is 2.48 bits per heavy atom. The number of nitrogens with one attached hydrogen (secondary N) is 1. The molecule has 3 aromatic carbocycles. The summed E-state index contributed by atoms with van der Waals surface area (Å²) in [6.45, 7) is 0.325. The number of methoxy groups -OCH3 is 1. The first kappa shape index (κ1) is 22.5. The molecule has 0 aliphatic rings. The Morgan fingerprint density at radius 1 is 0.968 bits per heavy atom. The summed E-state index contributed by atoms with van der Waals surface area (Å²) in [6, 6.07) is 16.3. The molecule has 31 heavy (non-hydrogen) atoms. The van der Waals surface area contributed by atoms with E-state index in [-0.39, 0.29) is 21.8 Å². The molecule has 0 atom stereocenters. The van der Waals surface area contributed by atoms with E-state index in [9.17, 15) is 14.7 Å². The SMILES string of the molecule is COc1cccc(CCOc2ccc(NC(=O)c3ccc(Cl)cc3Cl)c(C(=O)[O-])c2)c1.